The monoisotopic (exact) mass is 698 g/mol. The molecule has 0 heterocycles. The third kappa shape index (κ3) is 8.26. The molecule has 8 unspecified atom stereocenters. The zero-order chi connectivity index (χ0) is 36.7. The largest absolute Gasteiger partial charge is 0.461 e. The standard InChI is InChI=1S/C42H66O8/c1-8-10-12-14-16-18-20-22-35(44)48-27-31-25-32-33(24-28(3)37(32)46)41(47)29(4)39(49-36(45)23-21-19-17-15-13-11-9-2)42(50-30(5)43)38(34(41)26-31)40(42,6)7/h24,26,29,32-34,38-39,47H,8-23,25,27H2,1-7H3. The van der Waals surface area contributed by atoms with E-state index in [1.165, 1.54) is 51.9 Å². The minimum Gasteiger partial charge on any atom is -0.461 e. The van der Waals surface area contributed by atoms with Gasteiger partial charge < -0.3 is 19.3 Å². The van der Waals surface area contributed by atoms with E-state index in [0.29, 0.717) is 18.4 Å². The van der Waals surface area contributed by atoms with E-state index < -0.39 is 52.4 Å². The van der Waals surface area contributed by atoms with Gasteiger partial charge in [-0.05, 0) is 37.3 Å². The molecule has 4 aliphatic rings. The number of hydrogen-bond acceptors (Lipinski definition) is 8. The van der Waals surface area contributed by atoms with Crippen molar-refractivity contribution in [2.45, 2.75) is 175 Å². The minimum absolute atomic E-state index is 0.0177. The average molecular weight is 699 g/mol. The van der Waals surface area contributed by atoms with Crippen LogP contribution in [0.3, 0.4) is 0 Å². The van der Waals surface area contributed by atoms with Gasteiger partial charge in [-0.2, -0.15) is 0 Å². The molecular formula is C42H66O8. The van der Waals surface area contributed by atoms with Crippen LogP contribution in [0.2, 0.25) is 0 Å². The third-order valence-corrected chi connectivity index (χ3v) is 12.6. The molecule has 0 aromatic rings. The molecule has 8 heteroatoms. The van der Waals surface area contributed by atoms with Gasteiger partial charge in [-0.1, -0.05) is 124 Å². The second-order valence-corrected chi connectivity index (χ2v) is 16.5. The lowest BCUT2D eigenvalue weighted by atomic mass is 9.60. The number of rotatable bonds is 20. The molecule has 2 saturated carbocycles. The number of hydrogen-bond donors (Lipinski definition) is 1. The Morgan fingerprint density at radius 3 is 1.92 bits per heavy atom. The van der Waals surface area contributed by atoms with E-state index in [9.17, 15) is 24.3 Å². The van der Waals surface area contributed by atoms with Crippen molar-refractivity contribution in [2.24, 2.45) is 35.0 Å². The summed E-state index contributed by atoms with van der Waals surface area (Å²) in [6, 6.07) is 0. The third-order valence-electron chi connectivity index (χ3n) is 12.6. The maximum atomic E-state index is 13.6. The normalized spacial score (nSPS) is 32.1. The van der Waals surface area contributed by atoms with Crippen molar-refractivity contribution in [3.8, 4) is 0 Å². The van der Waals surface area contributed by atoms with Crippen LogP contribution in [0, 0.1) is 35.0 Å². The summed E-state index contributed by atoms with van der Waals surface area (Å²) >= 11 is 0. The zero-order valence-electron chi connectivity index (χ0n) is 32.2. The molecule has 0 radical (unpaired) electrons. The van der Waals surface area contributed by atoms with E-state index in [1.54, 1.807) is 6.92 Å². The first kappa shape index (κ1) is 40.3. The van der Waals surface area contributed by atoms with E-state index in [-0.39, 0.29) is 36.7 Å². The summed E-state index contributed by atoms with van der Waals surface area (Å²) in [4.78, 5) is 52.6. The van der Waals surface area contributed by atoms with E-state index in [0.717, 1.165) is 50.5 Å². The van der Waals surface area contributed by atoms with Gasteiger partial charge in [-0.15, -0.1) is 0 Å². The first-order valence-corrected chi connectivity index (χ1v) is 20.0. The molecule has 4 aliphatic carbocycles. The van der Waals surface area contributed by atoms with Crippen LogP contribution >= 0.6 is 0 Å². The highest BCUT2D eigenvalue weighted by molar-refractivity contribution is 6.00. The second kappa shape index (κ2) is 17.4. The quantitative estimate of drug-likeness (QED) is 0.0581. The molecule has 50 heavy (non-hydrogen) atoms. The summed E-state index contributed by atoms with van der Waals surface area (Å²) < 4.78 is 18.3. The van der Waals surface area contributed by atoms with Crippen molar-refractivity contribution in [1.29, 1.82) is 0 Å². The van der Waals surface area contributed by atoms with Crippen molar-refractivity contribution in [2.75, 3.05) is 6.61 Å². The maximum absolute atomic E-state index is 13.6. The zero-order valence-corrected chi connectivity index (χ0v) is 32.2. The van der Waals surface area contributed by atoms with Gasteiger partial charge in [-0.25, -0.2) is 0 Å². The van der Waals surface area contributed by atoms with Crippen molar-refractivity contribution in [3.63, 3.8) is 0 Å². The Morgan fingerprint density at radius 1 is 0.820 bits per heavy atom. The van der Waals surface area contributed by atoms with Crippen LogP contribution in [-0.4, -0.2) is 52.7 Å². The molecule has 0 amide bonds. The Hall–Kier alpha value is -2.48. The van der Waals surface area contributed by atoms with E-state index in [1.807, 2.05) is 32.9 Å². The minimum atomic E-state index is -1.46. The fraction of sp³-hybridized carbons (Fsp3) is 0.810. The average Bonchev–Trinajstić information content (AvgIpc) is 3.45. The lowest BCUT2D eigenvalue weighted by Crippen LogP contribution is -2.63. The number of ketones is 1. The lowest BCUT2D eigenvalue weighted by molar-refractivity contribution is -0.219. The van der Waals surface area contributed by atoms with Gasteiger partial charge in [-0.3, -0.25) is 19.2 Å². The first-order valence-electron chi connectivity index (χ1n) is 20.0. The van der Waals surface area contributed by atoms with Crippen LogP contribution in [0.5, 0.6) is 0 Å². The summed E-state index contributed by atoms with van der Waals surface area (Å²) in [6.07, 6.45) is 19.3. The summed E-state index contributed by atoms with van der Waals surface area (Å²) in [5.74, 6) is -3.69. The van der Waals surface area contributed by atoms with Crippen LogP contribution in [0.1, 0.15) is 158 Å². The lowest BCUT2D eigenvalue weighted by Gasteiger charge is -2.52. The fourth-order valence-corrected chi connectivity index (χ4v) is 9.89. The Morgan fingerprint density at radius 2 is 1.36 bits per heavy atom. The van der Waals surface area contributed by atoms with Crippen LogP contribution in [0.25, 0.3) is 0 Å². The number of aliphatic hydroxyl groups is 1. The molecule has 4 rings (SSSR count). The number of carbonyl (C=O) groups is 4. The van der Waals surface area contributed by atoms with Gasteiger partial charge >= 0.3 is 17.9 Å². The Balaban J connectivity index is 1.55. The van der Waals surface area contributed by atoms with Gasteiger partial charge in [0.15, 0.2) is 11.4 Å². The summed E-state index contributed by atoms with van der Waals surface area (Å²) in [5, 5.41) is 13.1. The van der Waals surface area contributed by atoms with Gasteiger partial charge in [0, 0.05) is 54.8 Å². The van der Waals surface area contributed by atoms with Crippen molar-refractivity contribution in [1.82, 2.24) is 0 Å². The Kier molecular flexibility index (Phi) is 14.0. The molecule has 0 aromatic carbocycles. The van der Waals surface area contributed by atoms with Crippen LogP contribution < -0.4 is 0 Å². The van der Waals surface area contributed by atoms with E-state index >= 15 is 0 Å². The highest BCUT2D eigenvalue weighted by Gasteiger charge is 2.87. The maximum Gasteiger partial charge on any atom is 0.306 e. The summed E-state index contributed by atoms with van der Waals surface area (Å²) in [5.41, 5.74) is -1.83. The van der Waals surface area contributed by atoms with Crippen molar-refractivity contribution >= 4 is 23.7 Å². The van der Waals surface area contributed by atoms with E-state index in [2.05, 4.69) is 13.8 Å². The molecule has 0 bridgehead atoms. The fourth-order valence-electron chi connectivity index (χ4n) is 9.89. The van der Waals surface area contributed by atoms with Gasteiger partial charge in [0.25, 0.3) is 0 Å². The Bertz CT molecular complexity index is 1280. The van der Waals surface area contributed by atoms with Gasteiger partial charge in [0.1, 0.15) is 12.7 Å². The Labute approximate surface area is 301 Å². The molecule has 0 aromatic heterocycles. The van der Waals surface area contributed by atoms with Crippen molar-refractivity contribution < 1.29 is 38.5 Å². The topological polar surface area (TPSA) is 116 Å². The highest BCUT2D eigenvalue weighted by Crippen LogP contribution is 2.77. The molecule has 0 spiro atoms. The number of carbonyl (C=O) groups excluding carboxylic acids is 4. The number of ether oxygens (including phenoxy) is 3. The molecular weight excluding hydrogens is 632 g/mol. The van der Waals surface area contributed by atoms with Crippen molar-refractivity contribution in [3.05, 3.63) is 23.3 Å². The molecule has 282 valence electrons. The number of unbranched alkanes of at least 4 members (excludes halogenated alkanes) is 12. The first-order chi connectivity index (χ1) is 23.8. The summed E-state index contributed by atoms with van der Waals surface area (Å²) in [6.45, 7) is 13.5. The predicted octanol–water partition coefficient (Wildman–Crippen LogP) is 8.77. The van der Waals surface area contributed by atoms with Crippen LogP contribution in [0.4, 0.5) is 0 Å². The number of esters is 3. The highest BCUT2D eigenvalue weighted by atomic mass is 16.6. The molecule has 0 aliphatic heterocycles. The molecule has 1 N–H and O–H groups in total. The molecule has 2 fully saturated rings. The summed E-state index contributed by atoms with van der Waals surface area (Å²) in [7, 11) is 0. The number of allylic oxidation sites excluding steroid dienone is 1. The van der Waals surface area contributed by atoms with E-state index in [4.69, 9.17) is 14.2 Å². The molecule has 8 atom stereocenters. The molecule has 8 nitrogen and oxygen atoms in total. The second-order valence-electron chi connectivity index (χ2n) is 16.5. The smallest absolute Gasteiger partial charge is 0.306 e. The van der Waals surface area contributed by atoms with Gasteiger partial charge in [0.2, 0.25) is 0 Å². The van der Waals surface area contributed by atoms with Gasteiger partial charge in [0.05, 0.1) is 5.60 Å². The number of fused-ring (bicyclic) bond motifs is 5. The number of Topliss-reactive ketones (excluding diaryl/α,β-unsaturated/α-hetero) is 1. The molecule has 0 saturated heterocycles. The van der Waals surface area contributed by atoms with Crippen LogP contribution in [0.15, 0.2) is 23.3 Å². The van der Waals surface area contributed by atoms with Crippen LogP contribution in [-0.2, 0) is 33.4 Å². The predicted molar refractivity (Wildman–Crippen MR) is 194 cm³/mol. The SMILES string of the molecule is CCCCCCCCCC(=O)OCC1=CC2C3C(C)(C)C3(OC(C)=O)C(OC(=O)CCCCCCCCC)C(C)C2(O)C2C=C(C)C(=O)C2C1.